The molecule has 1 aromatic heterocycles. The Morgan fingerprint density at radius 3 is 2.79 bits per heavy atom. The van der Waals surface area contributed by atoms with Gasteiger partial charge in [0.1, 0.15) is 0 Å². The molecule has 0 bridgehead atoms. The summed E-state index contributed by atoms with van der Waals surface area (Å²) in [6, 6.07) is 4.04. The van der Waals surface area contributed by atoms with Crippen LogP contribution in [0.1, 0.15) is 24.6 Å². The molecule has 0 aliphatic heterocycles. The van der Waals surface area contributed by atoms with Crippen LogP contribution in [0.4, 0.5) is 0 Å². The highest BCUT2D eigenvalue weighted by atomic mass is 32.2. The van der Waals surface area contributed by atoms with Gasteiger partial charge in [-0.2, -0.15) is 0 Å². The predicted molar refractivity (Wildman–Crippen MR) is 82.2 cm³/mol. The molecule has 0 saturated carbocycles. The predicted octanol–water partition coefficient (Wildman–Crippen LogP) is 1.94. The summed E-state index contributed by atoms with van der Waals surface area (Å²) in [5.41, 5.74) is 0. The second-order valence-corrected chi connectivity index (χ2v) is 7.76. The average Bonchev–Trinajstić information content (AvgIpc) is 2.88. The largest absolute Gasteiger partial charge is 0.317 e. The van der Waals surface area contributed by atoms with Gasteiger partial charge in [0.05, 0.1) is 5.75 Å². The minimum Gasteiger partial charge on any atom is -0.317 e. The molecule has 19 heavy (non-hydrogen) atoms. The molecule has 110 valence electrons. The Bertz CT molecular complexity index is 430. The smallest absolute Gasteiger partial charge is 0.213 e. The number of likely N-dealkylation sites (N-methyl/N-ethyl adjacent to an activating group) is 1. The fraction of sp³-hybridized carbons (Fsp3) is 0.692. The van der Waals surface area contributed by atoms with E-state index in [2.05, 4.69) is 12.2 Å². The summed E-state index contributed by atoms with van der Waals surface area (Å²) >= 11 is 1.67. The Hall–Kier alpha value is -0.430. The number of nitrogens with zero attached hydrogens (tertiary/aromatic N) is 1. The van der Waals surface area contributed by atoms with Crippen molar-refractivity contribution in [2.75, 3.05) is 32.4 Å². The molecule has 4 nitrogen and oxygen atoms in total. The van der Waals surface area contributed by atoms with Gasteiger partial charge in [-0.15, -0.1) is 11.3 Å². The fourth-order valence-corrected chi connectivity index (χ4v) is 3.68. The van der Waals surface area contributed by atoms with Gasteiger partial charge in [-0.05, 0) is 43.8 Å². The average molecular weight is 304 g/mol. The van der Waals surface area contributed by atoms with Crippen molar-refractivity contribution in [3.8, 4) is 0 Å². The standard InChI is InChI=1S/C13H24N2O2S2/c1-3-14-9-4-5-12-19(16,17)15(2)10-8-13-7-6-11-18-13/h6-7,11,14H,3-5,8-10,12H2,1-2H3. The van der Waals surface area contributed by atoms with Gasteiger partial charge >= 0.3 is 0 Å². The van der Waals surface area contributed by atoms with E-state index in [9.17, 15) is 8.42 Å². The van der Waals surface area contributed by atoms with Crippen molar-refractivity contribution < 1.29 is 8.42 Å². The number of hydrogen-bond acceptors (Lipinski definition) is 4. The van der Waals surface area contributed by atoms with Gasteiger partial charge in [0.15, 0.2) is 0 Å². The molecule has 0 unspecified atom stereocenters. The topological polar surface area (TPSA) is 49.4 Å². The maximum Gasteiger partial charge on any atom is 0.213 e. The molecule has 6 heteroatoms. The summed E-state index contributed by atoms with van der Waals surface area (Å²) in [5.74, 6) is 0.249. The number of hydrogen-bond donors (Lipinski definition) is 1. The number of sulfonamides is 1. The minimum atomic E-state index is -3.09. The highest BCUT2D eigenvalue weighted by molar-refractivity contribution is 7.89. The molecule has 0 aromatic carbocycles. The van der Waals surface area contributed by atoms with E-state index < -0.39 is 10.0 Å². The molecule has 1 aromatic rings. The van der Waals surface area contributed by atoms with Gasteiger partial charge < -0.3 is 5.32 Å². The lowest BCUT2D eigenvalue weighted by molar-refractivity contribution is 0.471. The first-order chi connectivity index (χ1) is 9.06. The second kappa shape index (κ2) is 8.68. The van der Waals surface area contributed by atoms with E-state index in [1.165, 1.54) is 9.18 Å². The van der Waals surface area contributed by atoms with Crippen LogP contribution in [0.2, 0.25) is 0 Å². The van der Waals surface area contributed by atoms with Gasteiger partial charge in [-0.3, -0.25) is 0 Å². The lowest BCUT2D eigenvalue weighted by atomic mass is 10.3. The van der Waals surface area contributed by atoms with Gasteiger partial charge in [0, 0.05) is 18.5 Å². The summed E-state index contributed by atoms with van der Waals surface area (Å²) in [4.78, 5) is 1.23. The Morgan fingerprint density at radius 1 is 1.37 bits per heavy atom. The van der Waals surface area contributed by atoms with Crippen LogP contribution < -0.4 is 5.32 Å². The van der Waals surface area contributed by atoms with E-state index in [1.54, 1.807) is 18.4 Å². The molecular formula is C13H24N2O2S2. The number of thiophene rings is 1. The molecule has 0 aliphatic rings. The summed E-state index contributed by atoms with van der Waals surface area (Å²) in [6.07, 6.45) is 2.43. The lowest BCUT2D eigenvalue weighted by Crippen LogP contribution is -2.31. The maximum atomic E-state index is 12.0. The first kappa shape index (κ1) is 16.6. The van der Waals surface area contributed by atoms with E-state index in [0.29, 0.717) is 6.54 Å². The molecule has 0 radical (unpaired) electrons. The molecular weight excluding hydrogens is 280 g/mol. The van der Waals surface area contributed by atoms with Crippen molar-refractivity contribution in [1.82, 2.24) is 9.62 Å². The van der Waals surface area contributed by atoms with Crippen LogP contribution in [-0.4, -0.2) is 45.2 Å². The molecule has 0 amide bonds. The highest BCUT2D eigenvalue weighted by Gasteiger charge is 2.16. The van der Waals surface area contributed by atoms with Gasteiger partial charge in [-0.25, -0.2) is 12.7 Å². The van der Waals surface area contributed by atoms with E-state index in [0.717, 1.165) is 32.4 Å². The lowest BCUT2D eigenvalue weighted by Gasteiger charge is -2.16. The molecule has 1 rings (SSSR count). The van der Waals surface area contributed by atoms with Crippen LogP contribution in [0.5, 0.6) is 0 Å². The van der Waals surface area contributed by atoms with E-state index in [-0.39, 0.29) is 5.75 Å². The van der Waals surface area contributed by atoms with Crippen LogP contribution in [0.3, 0.4) is 0 Å². The molecule has 1 heterocycles. The molecule has 0 fully saturated rings. The van der Waals surface area contributed by atoms with Crippen molar-refractivity contribution in [2.45, 2.75) is 26.2 Å². The SMILES string of the molecule is CCNCCCCS(=O)(=O)N(C)CCc1cccs1. The van der Waals surface area contributed by atoms with Gasteiger partial charge in [0.2, 0.25) is 10.0 Å². The number of unbranched alkanes of at least 4 members (excludes halogenated alkanes) is 1. The molecule has 0 atom stereocenters. The first-order valence-corrected chi connectivity index (χ1v) is 9.22. The maximum absolute atomic E-state index is 12.0. The zero-order chi connectivity index (χ0) is 14.1. The highest BCUT2D eigenvalue weighted by Crippen LogP contribution is 2.11. The van der Waals surface area contributed by atoms with Crippen LogP contribution in [-0.2, 0) is 16.4 Å². The summed E-state index contributed by atoms with van der Waals surface area (Å²) < 4.78 is 25.5. The molecule has 1 N–H and O–H groups in total. The van der Waals surface area contributed by atoms with Crippen LogP contribution in [0.25, 0.3) is 0 Å². The minimum absolute atomic E-state index is 0.249. The molecule has 0 spiro atoms. The third-order valence-corrected chi connectivity index (χ3v) is 5.86. The zero-order valence-electron chi connectivity index (χ0n) is 11.8. The van der Waals surface area contributed by atoms with Crippen molar-refractivity contribution in [2.24, 2.45) is 0 Å². The zero-order valence-corrected chi connectivity index (χ0v) is 13.4. The van der Waals surface area contributed by atoms with E-state index in [4.69, 9.17) is 0 Å². The summed E-state index contributed by atoms with van der Waals surface area (Å²) in [5, 5.41) is 5.22. The summed E-state index contributed by atoms with van der Waals surface area (Å²) in [7, 11) is -1.42. The van der Waals surface area contributed by atoms with Crippen LogP contribution >= 0.6 is 11.3 Å². The normalized spacial score (nSPS) is 12.2. The molecule has 0 saturated heterocycles. The fourth-order valence-electron chi connectivity index (χ4n) is 1.73. The Labute approximate surface area is 120 Å². The van der Waals surface area contributed by atoms with Crippen LogP contribution in [0.15, 0.2) is 17.5 Å². The summed E-state index contributed by atoms with van der Waals surface area (Å²) in [6.45, 7) is 4.45. The Balaban J connectivity index is 2.26. The van der Waals surface area contributed by atoms with Crippen molar-refractivity contribution in [1.29, 1.82) is 0 Å². The molecule has 0 aliphatic carbocycles. The van der Waals surface area contributed by atoms with Crippen molar-refractivity contribution in [3.63, 3.8) is 0 Å². The van der Waals surface area contributed by atoms with E-state index in [1.807, 2.05) is 17.5 Å². The monoisotopic (exact) mass is 304 g/mol. The van der Waals surface area contributed by atoms with E-state index >= 15 is 0 Å². The Morgan fingerprint density at radius 2 is 2.16 bits per heavy atom. The first-order valence-electron chi connectivity index (χ1n) is 6.73. The third kappa shape index (κ3) is 6.51. The van der Waals surface area contributed by atoms with Gasteiger partial charge in [-0.1, -0.05) is 13.0 Å². The second-order valence-electron chi connectivity index (χ2n) is 4.53. The Kier molecular flexibility index (Phi) is 7.60. The van der Waals surface area contributed by atoms with Gasteiger partial charge in [0.25, 0.3) is 0 Å². The quantitative estimate of drug-likeness (QED) is 0.672. The van der Waals surface area contributed by atoms with Crippen LogP contribution in [0, 0.1) is 0 Å². The van der Waals surface area contributed by atoms with Crippen molar-refractivity contribution >= 4 is 21.4 Å². The van der Waals surface area contributed by atoms with Crippen molar-refractivity contribution in [3.05, 3.63) is 22.4 Å². The number of nitrogens with one attached hydrogen (secondary N) is 1. The third-order valence-electron chi connectivity index (χ3n) is 2.98. The number of rotatable bonds is 10.